The van der Waals surface area contributed by atoms with Crippen molar-refractivity contribution in [1.82, 2.24) is 5.32 Å². The van der Waals surface area contributed by atoms with Gasteiger partial charge in [-0.1, -0.05) is 13.0 Å². The lowest BCUT2D eigenvalue weighted by Crippen LogP contribution is -2.27. The van der Waals surface area contributed by atoms with Crippen LogP contribution in [0.1, 0.15) is 30.5 Å². The molecule has 1 aromatic carbocycles. The van der Waals surface area contributed by atoms with Crippen LogP contribution in [-0.4, -0.2) is 12.3 Å². The Balaban J connectivity index is 2.28. The van der Waals surface area contributed by atoms with E-state index in [-0.39, 0.29) is 6.04 Å². The van der Waals surface area contributed by atoms with Crippen molar-refractivity contribution in [3.05, 3.63) is 34.9 Å². The third kappa shape index (κ3) is 2.23. The Labute approximate surface area is 98.6 Å². The minimum atomic E-state index is -0.740. The average molecular weight is 243 g/mol. The van der Waals surface area contributed by atoms with Crippen LogP contribution in [0.5, 0.6) is 0 Å². The standard InChI is InChI=1S/C12H15F2NS/c1-2-5-15-11-7-16-6-9-8(11)3-4-10(13)12(9)14/h3-4,11,15H,2,5-7H2,1H3. The number of benzene rings is 1. The van der Waals surface area contributed by atoms with Crippen LogP contribution >= 0.6 is 11.8 Å². The van der Waals surface area contributed by atoms with Gasteiger partial charge in [0.2, 0.25) is 0 Å². The molecule has 0 spiro atoms. The Hall–Kier alpha value is -0.610. The summed E-state index contributed by atoms with van der Waals surface area (Å²) in [5.74, 6) is 0.0879. The summed E-state index contributed by atoms with van der Waals surface area (Å²) in [4.78, 5) is 0. The Kier molecular flexibility index (Phi) is 3.82. The van der Waals surface area contributed by atoms with E-state index in [0.717, 1.165) is 24.3 Å². The molecule has 1 atom stereocenters. The summed E-state index contributed by atoms with van der Waals surface area (Å²) in [5.41, 5.74) is 1.45. The lowest BCUT2D eigenvalue weighted by atomic mass is 10.0. The first-order valence-corrected chi connectivity index (χ1v) is 6.67. The smallest absolute Gasteiger partial charge is 0.163 e. The molecule has 1 aliphatic heterocycles. The monoisotopic (exact) mass is 243 g/mol. The summed E-state index contributed by atoms with van der Waals surface area (Å²) in [6.45, 7) is 3.00. The second kappa shape index (κ2) is 5.15. The molecule has 0 saturated heterocycles. The second-order valence-electron chi connectivity index (χ2n) is 3.95. The van der Waals surface area contributed by atoms with E-state index in [0.29, 0.717) is 11.3 Å². The molecule has 16 heavy (non-hydrogen) atoms. The van der Waals surface area contributed by atoms with Crippen molar-refractivity contribution in [3.63, 3.8) is 0 Å². The third-order valence-corrected chi connectivity index (χ3v) is 3.84. The number of hydrogen-bond donors (Lipinski definition) is 1. The highest BCUT2D eigenvalue weighted by molar-refractivity contribution is 7.98. The lowest BCUT2D eigenvalue weighted by Gasteiger charge is -2.26. The van der Waals surface area contributed by atoms with E-state index in [1.165, 1.54) is 6.07 Å². The van der Waals surface area contributed by atoms with Gasteiger partial charge in [0.05, 0.1) is 0 Å². The zero-order valence-electron chi connectivity index (χ0n) is 9.22. The lowest BCUT2D eigenvalue weighted by molar-refractivity contribution is 0.491. The number of thioether (sulfide) groups is 1. The molecule has 1 aromatic rings. The molecule has 0 saturated carbocycles. The van der Waals surface area contributed by atoms with Gasteiger partial charge in [0.1, 0.15) is 0 Å². The largest absolute Gasteiger partial charge is 0.309 e. The molecule has 0 radical (unpaired) electrons. The summed E-state index contributed by atoms with van der Waals surface area (Å²) in [6, 6.07) is 3.09. The van der Waals surface area contributed by atoms with Crippen molar-refractivity contribution in [1.29, 1.82) is 0 Å². The van der Waals surface area contributed by atoms with Gasteiger partial charge in [0, 0.05) is 23.1 Å². The van der Waals surface area contributed by atoms with Crippen molar-refractivity contribution in [2.75, 3.05) is 12.3 Å². The van der Waals surface area contributed by atoms with E-state index in [2.05, 4.69) is 12.2 Å². The first-order valence-electron chi connectivity index (χ1n) is 5.52. The molecule has 1 N–H and O–H groups in total. The van der Waals surface area contributed by atoms with Gasteiger partial charge in [0.25, 0.3) is 0 Å². The predicted octanol–water partition coefficient (Wildman–Crippen LogP) is 3.25. The van der Waals surface area contributed by atoms with Crippen molar-refractivity contribution < 1.29 is 8.78 Å². The molecule has 0 aromatic heterocycles. The second-order valence-corrected chi connectivity index (χ2v) is 4.98. The first-order chi connectivity index (χ1) is 7.74. The first kappa shape index (κ1) is 11.9. The normalized spacial score (nSPS) is 19.6. The molecular formula is C12H15F2NS. The Morgan fingerprint density at radius 2 is 2.25 bits per heavy atom. The molecule has 4 heteroatoms. The predicted molar refractivity (Wildman–Crippen MR) is 63.6 cm³/mol. The van der Waals surface area contributed by atoms with Crippen molar-refractivity contribution >= 4 is 11.8 Å². The van der Waals surface area contributed by atoms with Gasteiger partial charge in [-0.25, -0.2) is 8.78 Å². The van der Waals surface area contributed by atoms with E-state index in [4.69, 9.17) is 0 Å². The van der Waals surface area contributed by atoms with Gasteiger partial charge in [-0.15, -0.1) is 0 Å². The van der Waals surface area contributed by atoms with E-state index in [1.54, 1.807) is 17.8 Å². The van der Waals surface area contributed by atoms with Gasteiger partial charge in [0.15, 0.2) is 11.6 Å². The molecule has 88 valence electrons. The highest BCUT2D eigenvalue weighted by atomic mass is 32.2. The van der Waals surface area contributed by atoms with Crippen LogP contribution in [0, 0.1) is 11.6 Å². The highest BCUT2D eigenvalue weighted by Gasteiger charge is 2.24. The fourth-order valence-corrected chi connectivity index (χ4v) is 3.09. The zero-order valence-corrected chi connectivity index (χ0v) is 10.0. The Morgan fingerprint density at radius 3 is 3.00 bits per heavy atom. The molecule has 0 amide bonds. The minimum Gasteiger partial charge on any atom is -0.309 e. The number of fused-ring (bicyclic) bond motifs is 1. The molecule has 0 aliphatic carbocycles. The van der Waals surface area contributed by atoms with E-state index >= 15 is 0 Å². The summed E-state index contributed by atoms with van der Waals surface area (Å²) in [5, 5.41) is 3.36. The van der Waals surface area contributed by atoms with Crippen LogP contribution in [0.25, 0.3) is 0 Å². The highest BCUT2D eigenvalue weighted by Crippen LogP contribution is 2.33. The number of nitrogens with one attached hydrogen (secondary N) is 1. The maximum absolute atomic E-state index is 13.6. The van der Waals surface area contributed by atoms with Crippen LogP contribution in [0.3, 0.4) is 0 Å². The molecule has 1 aliphatic rings. The number of halogens is 2. The third-order valence-electron chi connectivity index (χ3n) is 2.78. The van der Waals surface area contributed by atoms with Gasteiger partial charge >= 0.3 is 0 Å². The summed E-state index contributed by atoms with van der Waals surface area (Å²) in [6.07, 6.45) is 1.04. The molecule has 1 unspecified atom stereocenters. The Morgan fingerprint density at radius 1 is 1.44 bits per heavy atom. The minimum absolute atomic E-state index is 0.156. The van der Waals surface area contributed by atoms with Crippen LogP contribution in [0.4, 0.5) is 8.78 Å². The fourth-order valence-electron chi connectivity index (χ4n) is 1.94. The number of rotatable bonds is 3. The average Bonchev–Trinajstić information content (AvgIpc) is 2.31. The van der Waals surface area contributed by atoms with Gasteiger partial charge in [-0.3, -0.25) is 0 Å². The topological polar surface area (TPSA) is 12.0 Å². The van der Waals surface area contributed by atoms with Crippen LogP contribution in [0.15, 0.2) is 12.1 Å². The van der Waals surface area contributed by atoms with Gasteiger partial charge in [-0.05, 0) is 24.6 Å². The zero-order chi connectivity index (χ0) is 11.5. The van der Waals surface area contributed by atoms with E-state index in [1.807, 2.05) is 0 Å². The van der Waals surface area contributed by atoms with E-state index < -0.39 is 11.6 Å². The van der Waals surface area contributed by atoms with Crippen molar-refractivity contribution in [3.8, 4) is 0 Å². The summed E-state index contributed by atoms with van der Waals surface area (Å²) in [7, 11) is 0. The molecule has 0 fully saturated rings. The SMILES string of the molecule is CCCNC1CSCc2c1ccc(F)c2F. The maximum atomic E-state index is 13.6. The summed E-state index contributed by atoms with van der Waals surface area (Å²) >= 11 is 1.65. The van der Waals surface area contributed by atoms with Crippen LogP contribution < -0.4 is 5.32 Å². The Bertz CT molecular complexity index is 382. The van der Waals surface area contributed by atoms with Gasteiger partial charge in [-0.2, -0.15) is 11.8 Å². The quantitative estimate of drug-likeness (QED) is 0.874. The number of hydrogen-bond acceptors (Lipinski definition) is 2. The molecular weight excluding hydrogens is 228 g/mol. The van der Waals surface area contributed by atoms with Crippen molar-refractivity contribution in [2.45, 2.75) is 25.1 Å². The van der Waals surface area contributed by atoms with Crippen molar-refractivity contribution in [2.24, 2.45) is 0 Å². The maximum Gasteiger partial charge on any atom is 0.163 e. The summed E-state index contributed by atoms with van der Waals surface area (Å²) < 4.78 is 26.6. The fraction of sp³-hybridized carbons (Fsp3) is 0.500. The van der Waals surface area contributed by atoms with Crippen LogP contribution in [-0.2, 0) is 5.75 Å². The molecule has 0 bridgehead atoms. The van der Waals surface area contributed by atoms with Gasteiger partial charge < -0.3 is 5.32 Å². The van der Waals surface area contributed by atoms with Crippen LogP contribution in [0.2, 0.25) is 0 Å². The van der Waals surface area contributed by atoms with E-state index in [9.17, 15) is 8.78 Å². The molecule has 2 rings (SSSR count). The molecule has 1 heterocycles. The molecule has 1 nitrogen and oxygen atoms in total.